The van der Waals surface area contributed by atoms with Crippen LogP contribution < -0.4 is 5.32 Å². The van der Waals surface area contributed by atoms with Gasteiger partial charge in [-0.3, -0.25) is 9.98 Å². The predicted molar refractivity (Wildman–Crippen MR) is 131 cm³/mol. The van der Waals surface area contributed by atoms with Gasteiger partial charge in [-0.25, -0.2) is 4.98 Å². The van der Waals surface area contributed by atoms with Crippen LogP contribution >= 0.6 is 0 Å². The number of hydrogen-bond acceptors (Lipinski definition) is 4. The molecule has 0 bridgehead atoms. The molecular formula is C27H24N4. The van der Waals surface area contributed by atoms with Crippen LogP contribution in [-0.2, 0) is 6.54 Å². The van der Waals surface area contributed by atoms with Crippen LogP contribution in [0.4, 0.5) is 11.5 Å². The fourth-order valence-electron chi connectivity index (χ4n) is 3.48. The van der Waals surface area contributed by atoms with Gasteiger partial charge in [-0.05, 0) is 77.9 Å². The van der Waals surface area contributed by atoms with E-state index in [0.29, 0.717) is 6.54 Å². The lowest BCUT2D eigenvalue weighted by atomic mass is 10.0. The molecule has 31 heavy (non-hydrogen) atoms. The maximum absolute atomic E-state index is 4.46. The molecule has 2 heterocycles. The largest absolute Gasteiger partial charge is 0.366 e. The van der Waals surface area contributed by atoms with Crippen molar-refractivity contribution in [1.82, 2.24) is 9.97 Å². The number of aromatic nitrogens is 2. The molecule has 4 aromatic rings. The fourth-order valence-corrected chi connectivity index (χ4v) is 3.48. The maximum atomic E-state index is 4.46. The lowest BCUT2D eigenvalue weighted by Crippen LogP contribution is -2.01. The van der Waals surface area contributed by atoms with Crippen molar-refractivity contribution in [3.8, 4) is 22.3 Å². The highest BCUT2D eigenvalue weighted by Gasteiger charge is 2.05. The van der Waals surface area contributed by atoms with Crippen molar-refractivity contribution in [1.29, 1.82) is 0 Å². The first kappa shape index (κ1) is 20.2. The summed E-state index contributed by atoms with van der Waals surface area (Å²) in [6.07, 6.45) is 5.46. The molecule has 0 unspecified atom stereocenters. The van der Waals surface area contributed by atoms with E-state index in [-0.39, 0.29) is 0 Å². The van der Waals surface area contributed by atoms with E-state index >= 15 is 0 Å². The average Bonchev–Trinajstić information content (AvgIpc) is 2.83. The fraction of sp³-hybridized carbons (Fsp3) is 0.0741. The van der Waals surface area contributed by atoms with Gasteiger partial charge in [0.2, 0.25) is 0 Å². The molecule has 0 radical (unpaired) electrons. The number of aryl methyl sites for hydroxylation is 1. The molecule has 2 aromatic heterocycles. The van der Waals surface area contributed by atoms with E-state index in [9.17, 15) is 0 Å². The predicted octanol–water partition coefficient (Wildman–Crippen LogP) is 6.71. The third-order valence-electron chi connectivity index (χ3n) is 5.17. The van der Waals surface area contributed by atoms with Crippen LogP contribution in [0.5, 0.6) is 0 Å². The molecule has 0 aliphatic heterocycles. The highest BCUT2D eigenvalue weighted by Crippen LogP contribution is 2.28. The zero-order chi connectivity index (χ0) is 21.6. The summed E-state index contributed by atoms with van der Waals surface area (Å²) in [4.78, 5) is 12.8. The van der Waals surface area contributed by atoms with Crippen LogP contribution in [0.2, 0.25) is 0 Å². The van der Waals surface area contributed by atoms with E-state index < -0.39 is 0 Å². The zero-order valence-electron chi connectivity index (χ0n) is 17.5. The van der Waals surface area contributed by atoms with Crippen molar-refractivity contribution in [2.75, 3.05) is 5.32 Å². The summed E-state index contributed by atoms with van der Waals surface area (Å²) < 4.78 is 0. The number of anilines is 1. The van der Waals surface area contributed by atoms with E-state index in [1.807, 2.05) is 43.6 Å². The van der Waals surface area contributed by atoms with Gasteiger partial charge in [-0.15, -0.1) is 0 Å². The first-order valence-corrected chi connectivity index (χ1v) is 10.1. The minimum atomic E-state index is 0.698. The lowest BCUT2D eigenvalue weighted by Gasteiger charge is -2.10. The molecule has 152 valence electrons. The van der Waals surface area contributed by atoms with Crippen LogP contribution in [0.15, 0.2) is 90.7 Å². The van der Waals surface area contributed by atoms with Crippen LogP contribution in [0.1, 0.15) is 16.8 Å². The monoisotopic (exact) mass is 404 g/mol. The smallest absolute Gasteiger partial charge is 0.126 e. The maximum Gasteiger partial charge on any atom is 0.126 e. The molecule has 0 aliphatic carbocycles. The first-order chi connectivity index (χ1) is 15.2. The Morgan fingerprint density at radius 2 is 1.52 bits per heavy atom. The van der Waals surface area contributed by atoms with Gasteiger partial charge in [0.1, 0.15) is 5.82 Å². The van der Waals surface area contributed by atoms with E-state index in [1.54, 1.807) is 6.08 Å². The quantitative estimate of drug-likeness (QED) is 0.348. The molecule has 0 aliphatic rings. The molecule has 4 nitrogen and oxygen atoms in total. The van der Waals surface area contributed by atoms with Gasteiger partial charge in [0.15, 0.2) is 0 Å². The number of hydrogen-bond donors (Lipinski definition) is 1. The molecule has 4 heteroatoms. The van der Waals surface area contributed by atoms with Gasteiger partial charge in [0, 0.05) is 30.2 Å². The Kier molecular flexibility index (Phi) is 5.99. The molecule has 0 amide bonds. The van der Waals surface area contributed by atoms with Gasteiger partial charge in [0.05, 0.1) is 5.69 Å². The molecule has 0 saturated heterocycles. The topological polar surface area (TPSA) is 50.2 Å². The van der Waals surface area contributed by atoms with Crippen LogP contribution in [0, 0.1) is 6.92 Å². The summed E-state index contributed by atoms with van der Waals surface area (Å²) in [5.74, 6) is 0.831. The van der Waals surface area contributed by atoms with Crippen molar-refractivity contribution in [3.05, 3.63) is 103 Å². The second-order valence-electron chi connectivity index (χ2n) is 7.30. The number of rotatable bonds is 7. The Morgan fingerprint density at radius 1 is 0.839 bits per heavy atom. The van der Waals surface area contributed by atoms with Crippen LogP contribution in [0.25, 0.3) is 28.3 Å². The highest BCUT2D eigenvalue weighted by molar-refractivity contribution is 5.75. The number of aliphatic imine (C=N–C) groups is 1. The lowest BCUT2D eigenvalue weighted by molar-refractivity contribution is 1.11. The Labute approximate surface area is 183 Å². The summed E-state index contributed by atoms with van der Waals surface area (Å²) in [6, 6.07) is 22.8. The standard InChI is InChI=1S/C27H24N4/c1-4-21-16-23(9-10-26(21)28-3)25-12-14-30-27(17-25)31-18-20-5-7-22(8-6-20)24-11-13-29-19(2)15-24/h4-17H,1,3,18H2,2H3,(H,30,31). The summed E-state index contributed by atoms with van der Waals surface area (Å²) in [6.45, 7) is 10.2. The second kappa shape index (κ2) is 9.18. The number of benzene rings is 2. The van der Waals surface area contributed by atoms with Gasteiger partial charge >= 0.3 is 0 Å². The Balaban J connectivity index is 1.47. The molecule has 0 saturated carbocycles. The van der Waals surface area contributed by atoms with Gasteiger partial charge < -0.3 is 5.32 Å². The molecule has 0 atom stereocenters. The van der Waals surface area contributed by atoms with Crippen molar-refractivity contribution >= 4 is 24.3 Å². The summed E-state index contributed by atoms with van der Waals surface area (Å²) >= 11 is 0. The average molecular weight is 405 g/mol. The highest BCUT2D eigenvalue weighted by atomic mass is 15.0. The summed E-state index contributed by atoms with van der Waals surface area (Å²) in [5.41, 5.74) is 8.54. The minimum Gasteiger partial charge on any atom is -0.366 e. The Bertz CT molecular complexity index is 1230. The Hall–Kier alpha value is -4.05. The number of pyridine rings is 2. The number of nitrogens with one attached hydrogen (secondary N) is 1. The summed E-state index contributed by atoms with van der Waals surface area (Å²) in [5, 5.41) is 3.42. The van der Waals surface area contributed by atoms with E-state index in [4.69, 9.17) is 0 Å². The second-order valence-corrected chi connectivity index (χ2v) is 7.30. The third kappa shape index (κ3) is 4.75. The molecule has 4 rings (SSSR count). The van der Waals surface area contributed by atoms with Crippen molar-refractivity contribution in [3.63, 3.8) is 0 Å². The van der Waals surface area contributed by atoms with Crippen LogP contribution in [-0.4, -0.2) is 16.7 Å². The molecule has 0 spiro atoms. The minimum absolute atomic E-state index is 0.698. The Morgan fingerprint density at radius 3 is 2.23 bits per heavy atom. The number of nitrogens with zero attached hydrogens (tertiary/aromatic N) is 3. The van der Waals surface area contributed by atoms with Gasteiger partial charge in [-0.1, -0.05) is 43.0 Å². The van der Waals surface area contributed by atoms with E-state index in [1.165, 1.54) is 16.7 Å². The SMILES string of the molecule is C=Cc1cc(-c2ccnc(NCc3ccc(-c4ccnc(C)c4)cc3)c2)ccc1N=C. The van der Waals surface area contributed by atoms with E-state index in [0.717, 1.165) is 33.9 Å². The first-order valence-electron chi connectivity index (χ1n) is 10.1. The van der Waals surface area contributed by atoms with Crippen LogP contribution in [0.3, 0.4) is 0 Å². The summed E-state index contributed by atoms with van der Waals surface area (Å²) in [7, 11) is 0. The van der Waals surface area contributed by atoms with E-state index in [2.05, 4.69) is 76.0 Å². The normalized spacial score (nSPS) is 10.5. The van der Waals surface area contributed by atoms with Gasteiger partial charge in [-0.2, -0.15) is 0 Å². The van der Waals surface area contributed by atoms with Gasteiger partial charge in [0.25, 0.3) is 0 Å². The molecule has 1 N–H and O–H groups in total. The molecule has 2 aromatic carbocycles. The molecule has 0 fully saturated rings. The van der Waals surface area contributed by atoms with Crippen molar-refractivity contribution < 1.29 is 0 Å². The molecular weight excluding hydrogens is 380 g/mol. The third-order valence-corrected chi connectivity index (χ3v) is 5.17. The zero-order valence-corrected chi connectivity index (χ0v) is 17.5. The van der Waals surface area contributed by atoms with Crippen molar-refractivity contribution in [2.24, 2.45) is 4.99 Å². The van der Waals surface area contributed by atoms with Crippen molar-refractivity contribution in [2.45, 2.75) is 13.5 Å².